The van der Waals surface area contributed by atoms with E-state index in [0.717, 1.165) is 20.8 Å². The average molecular weight is 1730 g/mol. The van der Waals surface area contributed by atoms with Crippen LogP contribution in [0.5, 0.6) is 0 Å². The molecule has 0 bridgehead atoms. The maximum atomic E-state index is 13.4. The van der Waals surface area contributed by atoms with E-state index in [2.05, 4.69) is 16.0 Å². The molecule has 0 aromatic carbocycles. The topological polar surface area (TPSA) is 820 Å². The first-order valence-electron chi connectivity index (χ1n) is 37.8. The molecule has 0 aromatic rings. The summed E-state index contributed by atoms with van der Waals surface area (Å²) >= 11 is 0. The molecule has 0 spiro atoms. The van der Waals surface area contributed by atoms with E-state index < -0.39 is 378 Å². The van der Waals surface area contributed by atoms with Gasteiger partial charge in [-0.05, 0) is 13.8 Å². The van der Waals surface area contributed by atoms with Gasteiger partial charge in [-0.15, -0.1) is 0 Å². The molecule has 0 saturated carbocycles. The Bertz CT molecular complexity index is 3080. The molecular formula is C66H113N3O49. The van der Waals surface area contributed by atoms with Crippen molar-refractivity contribution in [1.29, 1.82) is 0 Å². The minimum Gasteiger partial charge on any atom is -0.394 e. The third-order valence-electron chi connectivity index (χ3n) is 21.6. The lowest BCUT2D eigenvalue weighted by Gasteiger charge is -2.51. The number of amides is 3. The molecule has 49 atom stereocenters. The predicted molar refractivity (Wildman–Crippen MR) is 364 cm³/mol. The normalized spacial score (nSPS) is 48.2. The van der Waals surface area contributed by atoms with Crippen molar-refractivity contribution < 1.29 is 243 Å². The van der Waals surface area contributed by atoms with Gasteiger partial charge < -0.3 is 244 Å². The minimum absolute atomic E-state index is 0.896. The summed E-state index contributed by atoms with van der Waals surface area (Å²) in [6.07, 6.45) is -95.4. The molecule has 9 aliphatic rings. The van der Waals surface area contributed by atoms with Crippen LogP contribution in [-0.4, -0.2) is 521 Å². The molecule has 0 aromatic heterocycles. The summed E-state index contributed by atoms with van der Waals surface area (Å²) in [6.45, 7) is -5.02. The highest BCUT2D eigenvalue weighted by atomic mass is 16.8. The number of ether oxygens (including phenoxy) is 18. The molecule has 9 fully saturated rings. The Morgan fingerprint density at radius 1 is 0.314 bits per heavy atom. The molecule has 0 radical (unpaired) electrons. The van der Waals surface area contributed by atoms with Crippen molar-refractivity contribution in [2.75, 3.05) is 59.5 Å². The molecule has 118 heavy (non-hydrogen) atoms. The number of aliphatic hydroxyl groups is 28. The Labute approximate surface area is 669 Å². The van der Waals surface area contributed by atoms with Crippen LogP contribution >= 0.6 is 0 Å². The van der Waals surface area contributed by atoms with E-state index in [1.807, 2.05) is 0 Å². The lowest BCUT2D eigenvalue weighted by molar-refractivity contribution is -0.389. The van der Waals surface area contributed by atoms with Crippen LogP contribution in [-0.2, 0) is 99.6 Å². The molecule has 31 N–H and O–H groups in total. The van der Waals surface area contributed by atoms with E-state index in [0.29, 0.717) is 0 Å². The van der Waals surface area contributed by atoms with Crippen LogP contribution in [0.4, 0.5) is 0 Å². The first-order chi connectivity index (χ1) is 55.7. The SMILES string of the molecule is CC(=O)N[C@H]1[C@H](O[C@H]2[C@@H](O)[C@@H](CO)O[C@@H](OC[C@@H](O)[C@H](O)[C@H](O[C@@H]3O[C@H](CO[C@@H]4O[C@H](CO)[C@H](O)[C@H](O)[C@H]4O)[C@H](O)[C@H](O[C@@H]4O[C@H](CO)[C@@H](O[C@@H]5O[C@H](CO)[C@H](O)[C@H](O)[C@H]5O)[C@H](O[C@@H]5O[C@@H](C)[C@@H](O)[C@@H](O)[C@@H]5O)[C@H]4NC(C)=O)[C@H]3O)[C@H](CO)NC(C)=O)[C@@H]2O)O[C@H](CO)[C@@H](O[C@@H]2O[C@H](CO)[C@H](O)[C@H](O)[C@H]2O)[C@@H]1O[C@@H]1O[C@@H](C)[C@@H](O)[C@@H](O)[C@@H]1O. The fourth-order valence-corrected chi connectivity index (χ4v) is 14.9. The molecule has 0 aliphatic carbocycles. The van der Waals surface area contributed by atoms with E-state index in [-0.39, 0.29) is 0 Å². The van der Waals surface area contributed by atoms with Crippen LogP contribution in [0.3, 0.4) is 0 Å². The summed E-state index contributed by atoms with van der Waals surface area (Å²) in [5.41, 5.74) is 0. The standard InChI is InChI=1S/C66H113N3O49/c1-15-31(81)39(89)45(95)62(103-15)115-54-29(68-18(4)78)58(109-26(11-75)52(54)113-64-47(97)42(92)35(85)23(8-72)107-64)117-56-37(87)25(10-74)106-61(49(56)99)101-13-21(80)33(83)51(20(6-70)67-17(3)77)112-66-50(100)57(38(88)28(111-66)14-102-60-44(94)41(91)34(84)22(7-71)105-60)118-59-30(69-19(5)79)55(116-63-46(96)40(90)32(82)16(2)104-63)53(27(12-76)110-59)114-65-48(98)43(93)36(86)24(9-73)108-65/h15-16,20-66,70-76,80-100H,6-14H2,1-5H3,(H,67,77)(H,68,78)(H,69,79)/t15-,16-,20-,21+,22+,23+,24+,25+,26+,27+,28+,29+,30+,31+,32+,33-,34-,35-,36-,37-,38-,39+,40+,41-,42-,43-,44+,45-,46-,47+,48+,49+,50+,51+,52+,53+,54+,55+,56-,57-,58-,59-,60+,61+,62-,63-,64-,65-,66-/m0/s1. The summed E-state index contributed by atoms with van der Waals surface area (Å²) in [5.74, 6) is -2.98. The summed E-state index contributed by atoms with van der Waals surface area (Å²) < 4.78 is 107. The first kappa shape index (κ1) is 98.4. The van der Waals surface area contributed by atoms with Crippen molar-refractivity contribution >= 4 is 17.7 Å². The highest BCUT2D eigenvalue weighted by molar-refractivity contribution is 5.74. The molecule has 0 unspecified atom stereocenters. The second-order valence-corrected chi connectivity index (χ2v) is 30.0. The number of carbonyl (C=O) groups is 3. The van der Waals surface area contributed by atoms with Crippen LogP contribution in [0.25, 0.3) is 0 Å². The molecular weight excluding hydrogens is 1620 g/mol. The van der Waals surface area contributed by atoms with Crippen LogP contribution in [0.1, 0.15) is 34.6 Å². The van der Waals surface area contributed by atoms with Gasteiger partial charge in [-0.25, -0.2) is 0 Å². The predicted octanol–water partition coefficient (Wildman–Crippen LogP) is -20.7. The van der Waals surface area contributed by atoms with Crippen molar-refractivity contribution in [2.45, 2.75) is 335 Å². The zero-order valence-corrected chi connectivity index (χ0v) is 63.7. The third-order valence-corrected chi connectivity index (χ3v) is 21.6. The maximum Gasteiger partial charge on any atom is 0.217 e. The third kappa shape index (κ3) is 22.0. The number of aliphatic hydroxyl groups excluding tert-OH is 28. The highest BCUT2D eigenvalue weighted by Gasteiger charge is 2.61. The molecule has 3 amide bonds. The second kappa shape index (κ2) is 43.2. The van der Waals surface area contributed by atoms with Crippen LogP contribution < -0.4 is 16.0 Å². The summed E-state index contributed by atoms with van der Waals surface area (Å²) in [6, 6.07) is -5.96. The smallest absolute Gasteiger partial charge is 0.217 e. The molecule has 52 heteroatoms. The van der Waals surface area contributed by atoms with Gasteiger partial charge in [0.25, 0.3) is 0 Å². The van der Waals surface area contributed by atoms with Gasteiger partial charge in [0.15, 0.2) is 56.6 Å². The first-order valence-corrected chi connectivity index (χ1v) is 37.8. The van der Waals surface area contributed by atoms with E-state index in [9.17, 15) is 157 Å². The van der Waals surface area contributed by atoms with Crippen molar-refractivity contribution in [2.24, 2.45) is 0 Å². The summed E-state index contributed by atoms with van der Waals surface area (Å²) in [4.78, 5) is 39.6. The maximum absolute atomic E-state index is 13.4. The number of hydrogen-bond donors (Lipinski definition) is 31. The Hall–Kier alpha value is -3.43. The van der Waals surface area contributed by atoms with Crippen molar-refractivity contribution in [3.05, 3.63) is 0 Å². The minimum atomic E-state index is -2.62. The number of rotatable bonds is 33. The zero-order chi connectivity index (χ0) is 87.2. The lowest BCUT2D eigenvalue weighted by Crippen LogP contribution is -2.71. The summed E-state index contributed by atoms with van der Waals surface area (Å²) in [5, 5.41) is 317. The van der Waals surface area contributed by atoms with E-state index in [1.54, 1.807) is 0 Å². The Morgan fingerprint density at radius 3 is 0.992 bits per heavy atom. The van der Waals surface area contributed by atoms with Gasteiger partial charge in [0.2, 0.25) is 17.7 Å². The fourth-order valence-electron chi connectivity index (χ4n) is 14.9. The second-order valence-electron chi connectivity index (χ2n) is 30.0. The van der Waals surface area contributed by atoms with Gasteiger partial charge in [0, 0.05) is 20.8 Å². The van der Waals surface area contributed by atoms with Gasteiger partial charge >= 0.3 is 0 Å². The van der Waals surface area contributed by atoms with Gasteiger partial charge in [0.05, 0.1) is 77.7 Å². The van der Waals surface area contributed by atoms with Crippen LogP contribution in [0.2, 0.25) is 0 Å². The van der Waals surface area contributed by atoms with Gasteiger partial charge in [-0.1, -0.05) is 0 Å². The van der Waals surface area contributed by atoms with Crippen LogP contribution in [0.15, 0.2) is 0 Å². The number of nitrogens with one attached hydrogen (secondary N) is 3. The van der Waals surface area contributed by atoms with E-state index in [1.165, 1.54) is 13.8 Å². The van der Waals surface area contributed by atoms with E-state index >= 15 is 0 Å². The molecule has 9 heterocycles. The van der Waals surface area contributed by atoms with Crippen molar-refractivity contribution in [3.8, 4) is 0 Å². The van der Waals surface area contributed by atoms with Crippen molar-refractivity contribution in [3.63, 3.8) is 0 Å². The average Bonchev–Trinajstić information content (AvgIpc) is 0.761. The van der Waals surface area contributed by atoms with E-state index in [4.69, 9.17) is 85.3 Å². The molecule has 686 valence electrons. The fraction of sp³-hybridized carbons (Fsp3) is 0.955. The highest BCUT2D eigenvalue weighted by Crippen LogP contribution is 2.41. The zero-order valence-electron chi connectivity index (χ0n) is 63.7. The van der Waals surface area contributed by atoms with Gasteiger partial charge in [-0.2, -0.15) is 0 Å². The largest absolute Gasteiger partial charge is 0.394 e. The lowest BCUT2D eigenvalue weighted by atomic mass is 9.93. The molecule has 9 rings (SSSR count). The van der Waals surface area contributed by atoms with Crippen molar-refractivity contribution in [1.82, 2.24) is 16.0 Å². The molecule has 52 nitrogen and oxygen atoms in total. The Balaban J connectivity index is 1.02. The monoisotopic (exact) mass is 1730 g/mol. The number of hydrogen-bond acceptors (Lipinski definition) is 49. The molecule has 9 saturated heterocycles. The number of carbonyl (C=O) groups excluding carboxylic acids is 3. The van der Waals surface area contributed by atoms with Gasteiger partial charge in [-0.3, -0.25) is 14.4 Å². The quantitative estimate of drug-likeness (QED) is 0.0290. The Morgan fingerprint density at radius 2 is 0.619 bits per heavy atom. The molecule has 9 aliphatic heterocycles. The van der Waals surface area contributed by atoms with Gasteiger partial charge in [0.1, 0.15) is 226 Å². The van der Waals surface area contributed by atoms with Crippen LogP contribution in [0, 0.1) is 0 Å². The summed E-state index contributed by atoms with van der Waals surface area (Å²) in [7, 11) is 0. The Kier molecular flexibility index (Phi) is 36.0.